The van der Waals surface area contributed by atoms with Crippen LogP contribution in [0.1, 0.15) is 13.8 Å². The monoisotopic (exact) mass is 280 g/mol. The molecule has 0 bridgehead atoms. The van der Waals surface area contributed by atoms with E-state index >= 15 is 0 Å². The molecule has 1 rings (SSSR count). The van der Waals surface area contributed by atoms with Crippen molar-refractivity contribution in [2.75, 3.05) is 13.2 Å². The van der Waals surface area contributed by atoms with E-state index < -0.39 is 48.7 Å². The third-order valence-corrected chi connectivity index (χ3v) is 3.09. The standard InChI is InChI=1S/C11H20O8/c1-3-18-10(16)6-8(15)9(19-11(6,2)17)7(14)5(13)4-12/h5-9,12-15,17H,3-4H2,1-2H3/t5-,6-,7-,8+,9-,11+/m1/s1. The minimum atomic E-state index is -2.04. The number of ether oxygens (including phenoxy) is 2. The van der Waals surface area contributed by atoms with Crippen LogP contribution in [0.25, 0.3) is 0 Å². The molecule has 0 spiro atoms. The summed E-state index contributed by atoms with van der Waals surface area (Å²) in [4.78, 5) is 11.7. The summed E-state index contributed by atoms with van der Waals surface area (Å²) in [5.74, 6) is -4.31. The average Bonchev–Trinajstić information content (AvgIpc) is 2.57. The van der Waals surface area contributed by atoms with Crippen molar-refractivity contribution in [3.8, 4) is 0 Å². The quantitative estimate of drug-likeness (QED) is 0.344. The van der Waals surface area contributed by atoms with Gasteiger partial charge < -0.3 is 35.0 Å². The molecule has 0 amide bonds. The first-order valence-electron chi connectivity index (χ1n) is 5.98. The van der Waals surface area contributed by atoms with Gasteiger partial charge in [-0.15, -0.1) is 0 Å². The van der Waals surface area contributed by atoms with Crippen LogP contribution in [-0.4, -0.2) is 74.9 Å². The molecule has 0 saturated carbocycles. The second-order valence-corrected chi connectivity index (χ2v) is 4.60. The number of carbonyl (C=O) groups excluding carboxylic acids is 1. The highest BCUT2D eigenvalue weighted by Crippen LogP contribution is 2.37. The molecule has 1 fully saturated rings. The maximum atomic E-state index is 11.7. The van der Waals surface area contributed by atoms with Crippen molar-refractivity contribution < 1.29 is 39.8 Å². The second kappa shape index (κ2) is 6.12. The Hall–Kier alpha value is -0.770. The first-order valence-corrected chi connectivity index (χ1v) is 5.98. The van der Waals surface area contributed by atoms with Crippen LogP contribution in [0.3, 0.4) is 0 Å². The Morgan fingerprint density at radius 2 is 2.05 bits per heavy atom. The van der Waals surface area contributed by atoms with Crippen molar-refractivity contribution in [2.45, 2.75) is 44.1 Å². The van der Waals surface area contributed by atoms with E-state index in [0.29, 0.717) is 0 Å². The topological polar surface area (TPSA) is 137 Å². The molecule has 1 aliphatic heterocycles. The van der Waals surface area contributed by atoms with Gasteiger partial charge in [0.15, 0.2) is 5.79 Å². The zero-order valence-electron chi connectivity index (χ0n) is 10.8. The summed E-state index contributed by atoms with van der Waals surface area (Å²) in [5.41, 5.74) is 0. The molecule has 8 heteroatoms. The van der Waals surface area contributed by atoms with Crippen LogP contribution in [0, 0.1) is 5.92 Å². The van der Waals surface area contributed by atoms with Crippen LogP contribution < -0.4 is 0 Å². The van der Waals surface area contributed by atoms with Gasteiger partial charge in [-0.25, -0.2) is 0 Å². The molecular formula is C11H20O8. The van der Waals surface area contributed by atoms with E-state index in [4.69, 9.17) is 14.6 Å². The second-order valence-electron chi connectivity index (χ2n) is 4.60. The minimum absolute atomic E-state index is 0.0601. The molecule has 0 unspecified atom stereocenters. The number of esters is 1. The largest absolute Gasteiger partial charge is 0.466 e. The Morgan fingerprint density at radius 1 is 1.47 bits per heavy atom. The number of carbonyl (C=O) groups is 1. The molecular weight excluding hydrogens is 260 g/mol. The Labute approximate surface area is 110 Å². The molecule has 6 atom stereocenters. The zero-order valence-corrected chi connectivity index (χ0v) is 10.8. The van der Waals surface area contributed by atoms with Crippen molar-refractivity contribution in [2.24, 2.45) is 5.92 Å². The highest BCUT2D eigenvalue weighted by Gasteiger charge is 2.58. The fourth-order valence-corrected chi connectivity index (χ4v) is 2.11. The van der Waals surface area contributed by atoms with E-state index in [1.54, 1.807) is 6.92 Å². The maximum absolute atomic E-state index is 11.7. The van der Waals surface area contributed by atoms with Crippen LogP contribution in [0.2, 0.25) is 0 Å². The smallest absolute Gasteiger partial charge is 0.317 e. The highest BCUT2D eigenvalue weighted by molar-refractivity contribution is 5.74. The fraction of sp³-hybridized carbons (Fsp3) is 0.909. The number of rotatable bonds is 5. The minimum Gasteiger partial charge on any atom is -0.466 e. The summed E-state index contributed by atoms with van der Waals surface area (Å²) in [6.07, 6.45) is -6.18. The number of hydrogen-bond acceptors (Lipinski definition) is 8. The molecule has 112 valence electrons. The van der Waals surface area contributed by atoms with Crippen molar-refractivity contribution in [1.82, 2.24) is 0 Å². The highest BCUT2D eigenvalue weighted by atomic mass is 16.7. The van der Waals surface area contributed by atoms with Crippen LogP contribution in [0.5, 0.6) is 0 Å². The van der Waals surface area contributed by atoms with E-state index in [-0.39, 0.29) is 6.61 Å². The van der Waals surface area contributed by atoms with Crippen molar-refractivity contribution in [3.05, 3.63) is 0 Å². The predicted molar refractivity (Wildman–Crippen MR) is 60.7 cm³/mol. The van der Waals surface area contributed by atoms with Gasteiger partial charge in [0.25, 0.3) is 0 Å². The lowest BCUT2D eigenvalue weighted by molar-refractivity contribution is -0.224. The average molecular weight is 280 g/mol. The van der Waals surface area contributed by atoms with Crippen LogP contribution in [-0.2, 0) is 14.3 Å². The van der Waals surface area contributed by atoms with Gasteiger partial charge in [0.2, 0.25) is 0 Å². The van der Waals surface area contributed by atoms with E-state index in [0.717, 1.165) is 6.92 Å². The van der Waals surface area contributed by atoms with Gasteiger partial charge in [-0.2, -0.15) is 0 Å². The molecule has 0 radical (unpaired) electrons. The summed E-state index contributed by atoms with van der Waals surface area (Å²) < 4.78 is 9.72. The molecule has 0 aromatic heterocycles. The normalized spacial score (nSPS) is 37.9. The Bertz CT molecular complexity index is 318. The predicted octanol–water partition coefficient (Wildman–Crippen LogP) is -2.65. The molecule has 19 heavy (non-hydrogen) atoms. The summed E-state index contributed by atoms with van der Waals surface area (Å²) in [6.45, 7) is 2.02. The van der Waals surface area contributed by atoms with Crippen LogP contribution >= 0.6 is 0 Å². The lowest BCUT2D eigenvalue weighted by Crippen LogP contribution is -2.46. The SMILES string of the molecule is CCOC(=O)[C@H]1[C@H](O)[C@@H]([C@H](O)[C@H](O)CO)O[C@]1(C)O. The summed E-state index contributed by atoms with van der Waals surface area (Å²) in [7, 11) is 0. The van der Waals surface area contributed by atoms with Gasteiger partial charge in [-0.3, -0.25) is 4.79 Å². The molecule has 1 aliphatic rings. The molecule has 8 nitrogen and oxygen atoms in total. The summed E-state index contributed by atoms with van der Waals surface area (Å²) in [6, 6.07) is 0. The van der Waals surface area contributed by atoms with Gasteiger partial charge in [-0.1, -0.05) is 0 Å². The molecule has 5 N–H and O–H groups in total. The third kappa shape index (κ3) is 3.22. The lowest BCUT2D eigenvalue weighted by Gasteiger charge is -2.24. The first kappa shape index (κ1) is 16.3. The van der Waals surface area contributed by atoms with Crippen molar-refractivity contribution in [1.29, 1.82) is 0 Å². The Kier molecular flexibility index (Phi) is 5.25. The molecule has 0 aliphatic carbocycles. The number of aliphatic hydroxyl groups excluding tert-OH is 4. The van der Waals surface area contributed by atoms with E-state index in [2.05, 4.69) is 0 Å². The van der Waals surface area contributed by atoms with E-state index in [1.807, 2.05) is 0 Å². The Balaban J connectivity index is 2.89. The maximum Gasteiger partial charge on any atom is 0.317 e. The Morgan fingerprint density at radius 3 is 2.53 bits per heavy atom. The first-order chi connectivity index (χ1) is 8.76. The zero-order chi connectivity index (χ0) is 14.8. The third-order valence-electron chi connectivity index (χ3n) is 3.09. The van der Waals surface area contributed by atoms with Gasteiger partial charge in [0, 0.05) is 0 Å². The van der Waals surface area contributed by atoms with Crippen LogP contribution in [0.4, 0.5) is 0 Å². The molecule has 1 saturated heterocycles. The fourth-order valence-electron chi connectivity index (χ4n) is 2.11. The van der Waals surface area contributed by atoms with E-state index in [9.17, 15) is 25.2 Å². The van der Waals surface area contributed by atoms with Gasteiger partial charge in [0.05, 0.1) is 13.2 Å². The summed E-state index contributed by atoms with van der Waals surface area (Å²) >= 11 is 0. The number of hydrogen-bond donors (Lipinski definition) is 5. The van der Waals surface area contributed by atoms with Crippen molar-refractivity contribution >= 4 is 5.97 Å². The molecule has 0 aromatic rings. The summed E-state index contributed by atoms with van der Waals surface area (Å²) in [5, 5.41) is 47.7. The lowest BCUT2D eigenvalue weighted by atomic mass is 9.91. The van der Waals surface area contributed by atoms with Gasteiger partial charge >= 0.3 is 5.97 Å². The molecule has 0 aromatic carbocycles. The van der Waals surface area contributed by atoms with Crippen molar-refractivity contribution in [3.63, 3.8) is 0 Å². The van der Waals surface area contributed by atoms with E-state index in [1.165, 1.54) is 0 Å². The van der Waals surface area contributed by atoms with Gasteiger partial charge in [0.1, 0.15) is 30.3 Å². The number of aliphatic hydroxyl groups is 5. The van der Waals surface area contributed by atoms with Crippen LogP contribution in [0.15, 0.2) is 0 Å². The molecule has 1 heterocycles. The van der Waals surface area contributed by atoms with Gasteiger partial charge in [-0.05, 0) is 13.8 Å².